The summed E-state index contributed by atoms with van der Waals surface area (Å²) in [6.45, 7) is 3.26. The van der Waals surface area contributed by atoms with Crippen LogP contribution >= 0.6 is 0 Å². The fraction of sp³-hybridized carbons (Fsp3) is 0.625. The minimum atomic E-state index is -3.27. The number of sulfone groups is 1. The van der Waals surface area contributed by atoms with Gasteiger partial charge in [0.2, 0.25) is 0 Å². The molecule has 21 heavy (non-hydrogen) atoms. The van der Waals surface area contributed by atoms with Gasteiger partial charge in [-0.15, -0.1) is 0 Å². The summed E-state index contributed by atoms with van der Waals surface area (Å²) in [7, 11) is -1.61. The minimum Gasteiger partial charge on any atom is -0.383 e. The molecule has 2 rings (SSSR count). The zero-order valence-corrected chi connectivity index (χ0v) is 13.7. The van der Waals surface area contributed by atoms with Gasteiger partial charge >= 0.3 is 0 Å². The van der Waals surface area contributed by atoms with Gasteiger partial charge in [-0.1, -0.05) is 30.5 Å². The van der Waals surface area contributed by atoms with Gasteiger partial charge in [0.15, 0.2) is 9.84 Å². The van der Waals surface area contributed by atoms with Gasteiger partial charge in [0.1, 0.15) is 0 Å². The second-order valence-electron chi connectivity index (χ2n) is 5.73. The lowest BCUT2D eigenvalue weighted by Crippen LogP contribution is -2.47. The van der Waals surface area contributed by atoms with Gasteiger partial charge in [0.25, 0.3) is 0 Å². The molecule has 0 heterocycles. The molecular formula is C16H25NO3S. The van der Waals surface area contributed by atoms with Gasteiger partial charge in [0, 0.05) is 19.7 Å². The van der Waals surface area contributed by atoms with Crippen molar-refractivity contribution in [3.8, 4) is 0 Å². The molecule has 4 nitrogen and oxygen atoms in total. The molecule has 0 amide bonds. The summed E-state index contributed by atoms with van der Waals surface area (Å²) in [6.07, 6.45) is 3.73. The van der Waals surface area contributed by atoms with Crippen LogP contribution in [0.3, 0.4) is 0 Å². The first-order chi connectivity index (χ1) is 10.1. The highest BCUT2D eigenvalue weighted by atomic mass is 32.2. The lowest BCUT2D eigenvalue weighted by Gasteiger charge is -2.32. The summed E-state index contributed by atoms with van der Waals surface area (Å²) >= 11 is 0. The summed E-state index contributed by atoms with van der Waals surface area (Å²) in [6, 6.07) is 7.21. The van der Waals surface area contributed by atoms with E-state index < -0.39 is 9.84 Å². The van der Waals surface area contributed by atoms with E-state index in [0.717, 1.165) is 31.2 Å². The largest absolute Gasteiger partial charge is 0.383 e. The van der Waals surface area contributed by atoms with Crippen molar-refractivity contribution >= 4 is 9.84 Å². The molecular weight excluding hydrogens is 286 g/mol. The normalized spacial score (nSPS) is 23.1. The number of aryl methyl sites for hydroxylation is 1. The lowest BCUT2D eigenvalue weighted by molar-refractivity contribution is 0.192. The third kappa shape index (κ3) is 4.05. The Hall–Kier alpha value is -0.910. The van der Waals surface area contributed by atoms with Crippen LogP contribution in [0, 0.1) is 6.92 Å². The van der Waals surface area contributed by atoms with E-state index >= 15 is 0 Å². The first kappa shape index (κ1) is 16.5. The van der Waals surface area contributed by atoms with Gasteiger partial charge in [-0.2, -0.15) is 0 Å². The topological polar surface area (TPSA) is 55.4 Å². The Morgan fingerprint density at radius 2 is 1.86 bits per heavy atom. The quantitative estimate of drug-likeness (QED) is 0.819. The highest BCUT2D eigenvalue weighted by Gasteiger charge is 2.36. The van der Waals surface area contributed by atoms with E-state index in [4.69, 9.17) is 4.74 Å². The van der Waals surface area contributed by atoms with Crippen molar-refractivity contribution in [1.82, 2.24) is 5.32 Å². The lowest BCUT2D eigenvalue weighted by atomic mass is 9.95. The molecule has 1 aromatic rings. The Morgan fingerprint density at radius 3 is 2.52 bits per heavy atom. The second kappa shape index (κ2) is 7.38. The van der Waals surface area contributed by atoms with Crippen LogP contribution in [0.4, 0.5) is 0 Å². The Kier molecular flexibility index (Phi) is 5.79. The van der Waals surface area contributed by atoms with Crippen LogP contribution in [-0.2, 0) is 14.6 Å². The summed E-state index contributed by atoms with van der Waals surface area (Å²) in [5, 5.41) is 3.03. The summed E-state index contributed by atoms with van der Waals surface area (Å²) < 4.78 is 30.8. The molecule has 0 unspecified atom stereocenters. The molecule has 0 spiro atoms. The van der Waals surface area contributed by atoms with Crippen molar-refractivity contribution in [2.24, 2.45) is 0 Å². The molecule has 118 valence electrons. The third-order valence-corrected chi connectivity index (χ3v) is 6.45. The van der Waals surface area contributed by atoms with Crippen LogP contribution in [0.25, 0.3) is 0 Å². The first-order valence-electron chi connectivity index (χ1n) is 7.58. The van der Waals surface area contributed by atoms with Crippen molar-refractivity contribution in [3.63, 3.8) is 0 Å². The van der Waals surface area contributed by atoms with Gasteiger partial charge in [-0.3, -0.25) is 0 Å². The zero-order valence-electron chi connectivity index (χ0n) is 12.8. The molecule has 1 saturated carbocycles. The number of benzene rings is 1. The number of hydrogen-bond donors (Lipinski definition) is 1. The predicted molar refractivity (Wildman–Crippen MR) is 84.3 cm³/mol. The van der Waals surface area contributed by atoms with Gasteiger partial charge in [-0.05, 0) is 31.9 Å². The monoisotopic (exact) mass is 311 g/mol. The Bertz CT molecular complexity index is 539. The van der Waals surface area contributed by atoms with Crippen LogP contribution in [0.1, 0.15) is 31.2 Å². The number of ether oxygens (including phenoxy) is 1. The highest BCUT2D eigenvalue weighted by molar-refractivity contribution is 7.92. The molecule has 1 aliphatic carbocycles. The first-order valence-corrected chi connectivity index (χ1v) is 9.13. The highest BCUT2D eigenvalue weighted by Crippen LogP contribution is 2.29. The molecule has 0 aromatic heterocycles. The van der Waals surface area contributed by atoms with Crippen LogP contribution in [0.15, 0.2) is 29.2 Å². The van der Waals surface area contributed by atoms with E-state index in [1.807, 2.05) is 19.1 Å². The number of nitrogens with one attached hydrogen (secondary N) is 1. The molecule has 0 radical (unpaired) electrons. The SMILES string of the molecule is COCCN[C@@H]1CCCC[C@@H]1S(=O)(=O)c1ccc(C)cc1. The fourth-order valence-corrected chi connectivity index (χ4v) is 4.96. The molecule has 0 bridgehead atoms. The molecule has 2 atom stereocenters. The van der Waals surface area contributed by atoms with Gasteiger partial charge in [0.05, 0.1) is 16.8 Å². The van der Waals surface area contributed by atoms with Crippen molar-refractivity contribution in [2.75, 3.05) is 20.3 Å². The van der Waals surface area contributed by atoms with E-state index in [9.17, 15) is 8.42 Å². The summed E-state index contributed by atoms with van der Waals surface area (Å²) in [4.78, 5) is 0.443. The summed E-state index contributed by atoms with van der Waals surface area (Å²) in [5.41, 5.74) is 1.08. The molecule has 0 saturated heterocycles. The van der Waals surface area contributed by atoms with Crippen molar-refractivity contribution in [2.45, 2.75) is 48.8 Å². The Labute approximate surface area is 127 Å². The van der Waals surface area contributed by atoms with E-state index in [0.29, 0.717) is 18.0 Å². The second-order valence-corrected chi connectivity index (χ2v) is 7.90. The molecule has 0 aliphatic heterocycles. The number of hydrogen-bond acceptors (Lipinski definition) is 4. The smallest absolute Gasteiger partial charge is 0.182 e. The van der Waals surface area contributed by atoms with Gasteiger partial charge in [-0.25, -0.2) is 8.42 Å². The van der Waals surface area contributed by atoms with Crippen molar-refractivity contribution in [1.29, 1.82) is 0 Å². The average molecular weight is 311 g/mol. The van der Waals surface area contributed by atoms with E-state index in [1.54, 1.807) is 19.2 Å². The fourth-order valence-electron chi connectivity index (χ4n) is 2.95. The van der Waals surface area contributed by atoms with Crippen molar-refractivity contribution in [3.05, 3.63) is 29.8 Å². The molecule has 5 heteroatoms. The maximum Gasteiger partial charge on any atom is 0.182 e. The Balaban J connectivity index is 2.17. The predicted octanol–water partition coefficient (Wildman–Crippen LogP) is 2.32. The van der Waals surface area contributed by atoms with Crippen LogP contribution < -0.4 is 5.32 Å². The van der Waals surface area contributed by atoms with Gasteiger partial charge < -0.3 is 10.1 Å². The maximum atomic E-state index is 12.9. The van der Waals surface area contributed by atoms with Crippen LogP contribution in [-0.4, -0.2) is 40.0 Å². The van der Waals surface area contributed by atoms with Crippen molar-refractivity contribution < 1.29 is 13.2 Å². The summed E-state index contributed by atoms with van der Waals surface area (Å²) in [5.74, 6) is 0. The average Bonchev–Trinajstić information content (AvgIpc) is 2.48. The molecule has 1 N–H and O–H groups in total. The van der Waals surface area contributed by atoms with Crippen LogP contribution in [0.5, 0.6) is 0 Å². The van der Waals surface area contributed by atoms with Crippen LogP contribution in [0.2, 0.25) is 0 Å². The number of methoxy groups -OCH3 is 1. The van der Waals surface area contributed by atoms with E-state index in [1.165, 1.54) is 0 Å². The maximum absolute atomic E-state index is 12.9. The van der Waals surface area contributed by atoms with E-state index in [-0.39, 0.29) is 11.3 Å². The standard InChI is InChI=1S/C16H25NO3S/c1-13-7-9-14(10-8-13)21(18,19)16-6-4-3-5-15(16)17-11-12-20-2/h7-10,15-17H,3-6,11-12H2,1-2H3/t15-,16+/m1/s1. The van der Waals surface area contributed by atoms with E-state index in [2.05, 4.69) is 5.32 Å². The number of rotatable bonds is 6. The molecule has 1 aromatic carbocycles. The third-order valence-electron chi connectivity index (χ3n) is 4.16. The zero-order chi connectivity index (χ0) is 15.3. The molecule has 1 aliphatic rings. The minimum absolute atomic E-state index is 0.0280. The Morgan fingerprint density at radius 1 is 1.19 bits per heavy atom. The molecule has 1 fully saturated rings.